The Morgan fingerprint density at radius 3 is 2.67 bits per heavy atom. The molecule has 0 aliphatic rings. The van der Waals surface area contributed by atoms with Gasteiger partial charge in [-0.25, -0.2) is 9.78 Å². The molecule has 0 aliphatic carbocycles. The number of aliphatic hydroxyl groups is 2. The molecular formula is C10H13NO4. The summed E-state index contributed by atoms with van der Waals surface area (Å²) in [5.74, 6) is -0.574. The summed E-state index contributed by atoms with van der Waals surface area (Å²) in [5.41, 5.74) is 0.350. The van der Waals surface area contributed by atoms with Crippen LogP contribution in [-0.4, -0.2) is 34.4 Å². The van der Waals surface area contributed by atoms with E-state index in [1.54, 1.807) is 6.07 Å². The molecule has 0 spiro atoms. The SMILES string of the molecule is COC(=O)c1cccc([C@H](O)[C@H](C)O)n1. The van der Waals surface area contributed by atoms with Gasteiger partial charge in [-0.05, 0) is 19.1 Å². The molecule has 0 bridgehead atoms. The highest BCUT2D eigenvalue weighted by atomic mass is 16.5. The molecule has 0 saturated heterocycles. The Balaban J connectivity index is 2.97. The zero-order valence-corrected chi connectivity index (χ0v) is 8.54. The molecule has 1 aromatic rings. The summed E-state index contributed by atoms with van der Waals surface area (Å²) in [4.78, 5) is 15.0. The summed E-state index contributed by atoms with van der Waals surface area (Å²) in [6, 6.07) is 4.58. The van der Waals surface area contributed by atoms with Crippen molar-refractivity contribution in [2.45, 2.75) is 19.1 Å². The molecule has 2 N–H and O–H groups in total. The molecule has 0 aliphatic heterocycles. The standard InChI is InChI=1S/C10H13NO4/c1-6(12)9(13)7-4-3-5-8(11-7)10(14)15-2/h3-6,9,12-13H,1-2H3/t6-,9+/m0/s1. The number of methoxy groups -OCH3 is 1. The Morgan fingerprint density at radius 2 is 2.13 bits per heavy atom. The van der Waals surface area contributed by atoms with E-state index in [1.165, 1.54) is 26.2 Å². The summed E-state index contributed by atoms with van der Waals surface area (Å²) in [6.07, 6.45) is -2.04. The summed E-state index contributed by atoms with van der Waals surface area (Å²) >= 11 is 0. The predicted molar refractivity (Wildman–Crippen MR) is 52.2 cm³/mol. The Morgan fingerprint density at radius 1 is 1.47 bits per heavy atom. The molecule has 0 saturated carbocycles. The molecule has 5 nitrogen and oxygen atoms in total. The number of carbonyl (C=O) groups excluding carboxylic acids is 1. The number of hydrogen-bond donors (Lipinski definition) is 2. The van der Waals surface area contributed by atoms with Crippen LogP contribution in [0.4, 0.5) is 0 Å². The molecule has 0 aromatic carbocycles. The molecule has 0 fully saturated rings. The third-order valence-corrected chi connectivity index (χ3v) is 1.93. The molecule has 1 rings (SSSR count). The van der Waals surface area contributed by atoms with Crippen molar-refractivity contribution < 1.29 is 19.7 Å². The highest BCUT2D eigenvalue weighted by Crippen LogP contribution is 2.14. The van der Waals surface area contributed by atoms with Crippen LogP contribution in [0.5, 0.6) is 0 Å². The van der Waals surface area contributed by atoms with E-state index in [-0.39, 0.29) is 11.4 Å². The zero-order chi connectivity index (χ0) is 11.4. The number of esters is 1. The fourth-order valence-electron chi connectivity index (χ4n) is 1.08. The van der Waals surface area contributed by atoms with E-state index in [1.807, 2.05) is 0 Å². The van der Waals surface area contributed by atoms with Crippen molar-refractivity contribution in [3.8, 4) is 0 Å². The second-order valence-electron chi connectivity index (χ2n) is 3.12. The van der Waals surface area contributed by atoms with Crippen LogP contribution in [0.2, 0.25) is 0 Å². The largest absolute Gasteiger partial charge is 0.464 e. The van der Waals surface area contributed by atoms with Crippen molar-refractivity contribution >= 4 is 5.97 Å². The number of pyridine rings is 1. The average molecular weight is 211 g/mol. The van der Waals surface area contributed by atoms with Gasteiger partial charge in [0.1, 0.15) is 11.8 Å². The van der Waals surface area contributed by atoms with E-state index in [9.17, 15) is 9.90 Å². The Labute approximate surface area is 87.3 Å². The van der Waals surface area contributed by atoms with Crippen LogP contribution in [0.1, 0.15) is 29.2 Å². The molecule has 0 amide bonds. The van der Waals surface area contributed by atoms with Crippen LogP contribution in [0, 0.1) is 0 Å². The van der Waals surface area contributed by atoms with Gasteiger partial charge >= 0.3 is 5.97 Å². The van der Waals surface area contributed by atoms with Gasteiger partial charge in [-0.2, -0.15) is 0 Å². The summed E-state index contributed by atoms with van der Waals surface area (Å²) in [6.45, 7) is 1.44. The number of nitrogens with zero attached hydrogens (tertiary/aromatic N) is 1. The minimum Gasteiger partial charge on any atom is -0.464 e. The third kappa shape index (κ3) is 2.74. The van der Waals surface area contributed by atoms with Crippen molar-refractivity contribution in [2.24, 2.45) is 0 Å². The predicted octanol–water partition coefficient (Wildman–Crippen LogP) is 0.282. The lowest BCUT2D eigenvalue weighted by molar-refractivity contribution is 0.0274. The summed E-state index contributed by atoms with van der Waals surface area (Å²) in [5, 5.41) is 18.7. The van der Waals surface area contributed by atoms with Gasteiger partial charge in [0.2, 0.25) is 0 Å². The van der Waals surface area contributed by atoms with E-state index in [0.29, 0.717) is 0 Å². The Kier molecular flexibility index (Phi) is 3.76. The molecular weight excluding hydrogens is 198 g/mol. The smallest absolute Gasteiger partial charge is 0.356 e. The van der Waals surface area contributed by atoms with Gasteiger partial charge in [-0.1, -0.05) is 6.07 Å². The van der Waals surface area contributed by atoms with Gasteiger partial charge < -0.3 is 14.9 Å². The van der Waals surface area contributed by atoms with Gasteiger partial charge in [-0.3, -0.25) is 0 Å². The lowest BCUT2D eigenvalue weighted by atomic mass is 10.1. The number of hydrogen-bond acceptors (Lipinski definition) is 5. The van der Waals surface area contributed by atoms with Gasteiger partial charge in [0.15, 0.2) is 0 Å². The van der Waals surface area contributed by atoms with Crippen LogP contribution in [-0.2, 0) is 4.74 Å². The molecule has 15 heavy (non-hydrogen) atoms. The van der Waals surface area contributed by atoms with Crippen LogP contribution >= 0.6 is 0 Å². The maximum atomic E-state index is 11.1. The fourth-order valence-corrected chi connectivity index (χ4v) is 1.08. The first-order valence-corrected chi connectivity index (χ1v) is 4.47. The van der Waals surface area contributed by atoms with E-state index in [0.717, 1.165) is 0 Å². The zero-order valence-electron chi connectivity index (χ0n) is 8.54. The fraction of sp³-hybridized carbons (Fsp3) is 0.400. The first kappa shape index (κ1) is 11.6. The molecule has 5 heteroatoms. The van der Waals surface area contributed by atoms with E-state index in [4.69, 9.17) is 5.11 Å². The van der Waals surface area contributed by atoms with E-state index < -0.39 is 18.2 Å². The Bertz CT molecular complexity index is 351. The van der Waals surface area contributed by atoms with E-state index >= 15 is 0 Å². The molecule has 0 radical (unpaired) electrons. The van der Waals surface area contributed by atoms with Crippen molar-refractivity contribution in [1.82, 2.24) is 4.98 Å². The Hall–Kier alpha value is -1.46. The molecule has 1 aromatic heterocycles. The number of aliphatic hydroxyl groups excluding tert-OH is 2. The van der Waals surface area contributed by atoms with Crippen molar-refractivity contribution in [2.75, 3.05) is 7.11 Å². The monoisotopic (exact) mass is 211 g/mol. The molecule has 2 atom stereocenters. The molecule has 82 valence electrons. The minimum atomic E-state index is -1.10. The summed E-state index contributed by atoms with van der Waals surface area (Å²) in [7, 11) is 1.25. The lowest BCUT2D eigenvalue weighted by Crippen LogP contribution is -2.16. The van der Waals surface area contributed by atoms with Crippen LogP contribution < -0.4 is 0 Å². The number of aromatic nitrogens is 1. The van der Waals surface area contributed by atoms with Crippen LogP contribution in [0.3, 0.4) is 0 Å². The second-order valence-corrected chi connectivity index (χ2v) is 3.12. The van der Waals surface area contributed by atoms with Crippen LogP contribution in [0.25, 0.3) is 0 Å². The lowest BCUT2D eigenvalue weighted by Gasteiger charge is -2.13. The third-order valence-electron chi connectivity index (χ3n) is 1.93. The van der Waals surface area contributed by atoms with Crippen molar-refractivity contribution in [1.29, 1.82) is 0 Å². The van der Waals surface area contributed by atoms with Gasteiger partial charge in [0.05, 0.1) is 18.9 Å². The number of ether oxygens (including phenoxy) is 1. The minimum absolute atomic E-state index is 0.106. The van der Waals surface area contributed by atoms with Crippen molar-refractivity contribution in [3.05, 3.63) is 29.6 Å². The number of rotatable bonds is 3. The quantitative estimate of drug-likeness (QED) is 0.702. The molecule has 0 unspecified atom stereocenters. The maximum Gasteiger partial charge on any atom is 0.356 e. The highest BCUT2D eigenvalue weighted by molar-refractivity contribution is 5.87. The average Bonchev–Trinajstić information content (AvgIpc) is 2.27. The van der Waals surface area contributed by atoms with Crippen molar-refractivity contribution in [3.63, 3.8) is 0 Å². The summed E-state index contributed by atoms with van der Waals surface area (Å²) < 4.78 is 4.49. The van der Waals surface area contributed by atoms with Gasteiger partial charge in [0, 0.05) is 0 Å². The first-order valence-electron chi connectivity index (χ1n) is 4.47. The maximum absolute atomic E-state index is 11.1. The first-order chi connectivity index (χ1) is 7.06. The van der Waals surface area contributed by atoms with E-state index in [2.05, 4.69) is 9.72 Å². The van der Waals surface area contributed by atoms with Gasteiger partial charge in [-0.15, -0.1) is 0 Å². The topological polar surface area (TPSA) is 79.7 Å². The second kappa shape index (κ2) is 4.86. The molecule has 1 heterocycles. The highest BCUT2D eigenvalue weighted by Gasteiger charge is 2.17. The number of carbonyl (C=O) groups is 1. The normalized spacial score (nSPS) is 14.4. The van der Waals surface area contributed by atoms with Crippen LogP contribution in [0.15, 0.2) is 18.2 Å². The van der Waals surface area contributed by atoms with Gasteiger partial charge in [0.25, 0.3) is 0 Å².